The number of fused-ring (bicyclic) bond motifs is 2. The molecule has 116 valence electrons. The number of hydrogen-bond donors (Lipinski definition) is 1. The highest BCUT2D eigenvalue weighted by Crippen LogP contribution is 2.30. The Morgan fingerprint density at radius 1 is 1.13 bits per heavy atom. The minimum atomic E-state index is -0.0166. The first-order chi connectivity index (χ1) is 11.2. The molecule has 1 heterocycles. The maximum Gasteiger partial charge on any atom is 0.228 e. The van der Waals surface area contributed by atoms with Crippen molar-refractivity contribution >= 4 is 22.6 Å². The number of carbonyl (C=O) groups excluding carboxylic acids is 1. The number of amides is 1. The normalized spacial score (nSPS) is 13.3. The summed E-state index contributed by atoms with van der Waals surface area (Å²) in [7, 11) is 0. The van der Waals surface area contributed by atoms with E-state index in [2.05, 4.69) is 17.4 Å². The van der Waals surface area contributed by atoms with E-state index in [1.54, 1.807) is 6.26 Å². The van der Waals surface area contributed by atoms with Gasteiger partial charge in [-0.25, -0.2) is 0 Å². The van der Waals surface area contributed by atoms with Gasteiger partial charge in [0.05, 0.1) is 12.7 Å². The van der Waals surface area contributed by atoms with Gasteiger partial charge in [0.15, 0.2) is 0 Å². The SMILES string of the molecule is Cc1ccc(NC(=O)Cc2coc3cc4c(cc23)CCC4)cc1. The fourth-order valence-corrected chi connectivity index (χ4v) is 3.30. The smallest absolute Gasteiger partial charge is 0.228 e. The largest absolute Gasteiger partial charge is 0.464 e. The third-order valence-corrected chi connectivity index (χ3v) is 4.55. The molecule has 1 N–H and O–H groups in total. The molecule has 1 aliphatic rings. The Morgan fingerprint density at radius 3 is 2.65 bits per heavy atom. The minimum absolute atomic E-state index is 0.0166. The number of carbonyl (C=O) groups is 1. The van der Waals surface area contributed by atoms with Gasteiger partial charge in [-0.15, -0.1) is 0 Å². The average molecular weight is 305 g/mol. The van der Waals surface area contributed by atoms with Gasteiger partial charge < -0.3 is 9.73 Å². The Hall–Kier alpha value is -2.55. The topological polar surface area (TPSA) is 42.2 Å². The zero-order valence-corrected chi connectivity index (χ0v) is 13.2. The number of rotatable bonds is 3. The zero-order chi connectivity index (χ0) is 15.8. The van der Waals surface area contributed by atoms with Gasteiger partial charge >= 0.3 is 0 Å². The Bertz CT molecular complexity index is 875. The molecule has 4 rings (SSSR count). The van der Waals surface area contributed by atoms with Crippen molar-refractivity contribution in [2.75, 3.05) is 5.32 Å². The Balaban J connectivity index is 1.55. The van der Waals surface area contributed by atoms with Crippen LogP contribution in [0, 0.1) is 6.92 Å². The second kappa shape index (κ2) is 5.58. The van der Waals surface area contributed by atoms with Crippen LogP contribution in [-0.4, -0.2) is 5.91 Å². The number of benzene rings is 2. The van der Waals surface area contributed by atoms with E-state index < -0.39 is 0 Å². The highest BCUT2D eigenvalue weighted by Gasteiger charge is 2.16. The highest BCUT2D eigenvalue weighted by molar-refractivity contribution is 5.95. The molecular formula is C20H19NO2. The molecule has 0 atom stereocenters. The van der Waals surface area contributed by atoms with Crippen molar-refractivity contribution in [3.8, 4) is 0 Å². The van der Waals surface area contributed by atoms with Crippen LogP contribution >= 0.6 is 0 Å². The molecule has 0 aliphatic heterocycles. The van der Waals surface area contributed by atoms with Gasteiger partial charge in [0, 0.05) is 16.6 Å². The van der Waals surface area contributed by atoms with E-state index >= 15 is 0 Å². The van der Waals surface area contributed by atoms with Crippen LogP contribution < -0.4 is 5.32 Å². The van der Waals surface area contributed by atoms with Crippen molar-refractivity contribution < 1.29 is 9.21 Å². The Labute approximate surface area is 135 Å². The molecule has 23 heavy (non-hydrogen) atoms. The first kappa shape index (κ1) is 14.1. The fourth-order valence-electron chi connectivity index (χ4n) is 3.30. The van der Waals surface area contributed by atoms with Gasteiger partial charge in [0.25, 0.3) is 0 Å². The van der Waals surface area contributed by atoms with Crippen LogP contribution in [0.4, 0.5) is 5.69 Å². The molecule has 3 heteroatoms. The Morgan fingerprint density at radius 2 is 1.87 bits per heavy atom. The summed E-state index contributed by atoms with van der Waals surface area (Å²) in [6, 6.07) is 12.2. The number of furan rings is 1. The number of anilines is 1. The average Bonchev–Trinajstić information content (AvgIpc) is 3.14. The lowest BCUT2D eigenvalue weighted by atomic mass is 10.0. The lowest BCUT2D eigenvalue weighted by molar-refractivity contribution is -0.115. The second-order valence-electron chi connectivity index (χ2n) is 6.32. The monoisotopic (exact) mass is 305 g/mol. The molecule has 0 fully saturated rings. The van der Waals surface area contributed by atoms with Crippen molar-refractivity contribution in [3.63, 3.8) is 0 Å². The molecule has 3 nitrogen and oxygen atoms in total. The van der Waals surface area contributed by atoms with Crippen molar-refractivity contribution in [2.24, 2.45) is 0 Å². The van der Waals surface area contributed by atoms with Crippen molar-refractivity contribution in [1.29, 1.82) is 0 Å². The van der Waals surface area contributed by atoms with Crippen molar-refractivity contribution in [2.45, 2.75) is 32.6 Å². The third-order valence-electron chi connectivity index (χ3n) is 4.55. The predicted octanol–water partition coefficient (Wildman–Crippen LogP) is 4.41. The van der Waals surface area contributed by atoms with Crippen molar-refractivity contribution in [1.82, 2.24) is 0 Å². The van der Waals surface area contributed by atoms with Crippen LogP contribution in [0.3, 0.4) is 0 Å². The predicted molar refractivity (Wildman–Crippen MR) is 91.8 cm³/mol. The van der Waals surface area contributed by atoms with Gasteiger partial charge in [-0.1, -0.05) is 17.7 Å². The maximum absolute atomic E-state index is 12.3. The standard InChI is InChI=1S/C20H19NO2/c1-13-5-7-17(8-6-13)21-20(22)11-16-12-23-19-10-15-4-2-3-14(15)9-18(16)19/h5-10,12H,2-4,11H2,1H3,(H,21,22). The number of nitrogens with one attached hydrogen (secondary N) is 1. The summed E-state index contributed by atoms with van der Waals surface area (Å²) in [5.41, 5.74) is 6.65. The molecule has 2 aromatic carbocycles. The van der Waals surface area contributed by atoms with E-state index in [1.165, 1.54) is 23.1 Å². The lowest BCUT2D eigenvalue weighted by Crippen LogP contribution is -2.14. The molecule has 3 aromatic rings. The van der Waals surface area contributed by atoms with E-state index in [4.69, 9.17) is 4.42 Å². The van der Waals surface area contributed by atoms with Gasteiger partial charge in [-0.05, 0) is 61.6 Å². The second-order valence-corrected chi connectivity index (χ2v) is 6.32. The lowest BCUT2D eigenvalue weighted by Gasteiger charge is -2.05. The quantitative estimate of drug-likeness (QED) is 0.778. The van der Waals surface area contributed by atoms with Crippen molar-refractivity contribution in [3.05, 3.63) is 64.9 Å². The van der Waals surface area contributed by atoms with Crippen LogP contribution in [0.5, 0.6) is 0 Å². The molecule has 0 unspecified atom stereocenters. The summed E-state index contributed by atoms with van der Waals surface area (Å²) in [5.74, 6) is -0.0166. The van der Waals surface area contributed by atoms with E-state index in [-0.39, 0.29) is 5.91 Å². The van der Waals surface area contributed by atoms with Gasteiger partial charge in [0.2, 0.25) is 5.91 Å². The molecule has 1 aliphatic carbocycles. The highest BCUT2D eigenvalue weighted by atomic mass is 16.3. The molecule has 1 amide bonds. The summed E-state index contributed by atoms with van der Waals surface area (Å²) in [6.07, 6.45) is 5.53. The first-order valence-corrected chi connectivity index (χ1v) is 8.07. The summed E-state index contributed by atoms with van der Waals surface area (Å²) in [6.45, 7) is 2.03. The van der Waals surface area contributed by atoms with Crippen LogP contribution in [0.25, 0.3) is 11.0 Å². The third kappa shape index (κ3) is 2.74. The van der Waals surface area contributed by atoms with E-state index in [9.17, 15) is 4.79 Å². The van der Waals surface area contributed by atoms with Gasteiger partial charge in [-0.3, -0.25) is 4.79 Å². The number of aryl methyl sites for hydroxylation is 3. The molecule has 0 radical (unpaired) electrons. The molecular weight excluding hydrogens is 286 g/mol. The summed E-state index contributed by atoms with van der Waals surface area (Å²) >= 11 is 0. The van der Waals surface area contributed by atoms with Crippen LogP contribution in [0.2, 0.25) is 0 Å². The van der Waals surface area contributed by atoms with Gasteiger partial charge in [0.1, 0.15) is 5.58 Å². The first-order valence-electron chi connectivity index (χ1n) is 8.07. The summed E-state index contributed by atoms with van der Waals surface area (Å²) in [5, 5.41) is 4.02. The molecule has 0 saturated heterocycles. The molecule has 0 spiro atoms. The van der Waals surface area contributed by atoms with E-state index in [0.717, 1.165) is 35.1 Å². The summed E-state index contributed by atoms with van der Waals surface area (Å²) < 4.78 is 5.66. The fraction of sp³-hybridized carbons (Fsp3) is 0.250. The van der Waals surface area contributed by atoms with Crippen LogP contribution in [-0.2, 0) is 24.1 Å². The van der Waals surface area contributed by atoms with E-state index in [0.29, 0.717) is 6.42 Å². The minimum Gasteiger partial charge on any atom is -0.464 e. The van der Waals surface area contributed by atoms with Gasteiger partial charge in [-0.2, -0.15) is 0 Å². The zero-order valence-electron chi connectivity index (χ0n) is 13.2. The molecule has 0 saturated carbocycles. The molecule has 0 bridgehead atoms. The summed E-state index contributed by atoms with van der Waals surface area (Å²) in [4.78, 5) is 12.3. The number of hydrogen-bond acceptors (Lipinski definition) is 2. The van der Waals surface area contributed by atoms with Crippen LogP contribution in [0.1, 0.15) is 28.7 Å². The Kier molecular flexibility index (Phi) is 3.41. The maximum atomic E-state index is 12.3. The van der Waals surface area contributed by atoms with E-state index in [1.807, 2.05) is 31.2 Å². The molecule has 1 aromatic heterocycles. The van der Waals surface area contributed by atoms with Crippen LogP contribution in [0.15, 0.2) is 47.1 Å².